The van der Waals surface area contributed by atoms with Gasteiger partial charge in [-0.25, -0.2) is 4.68 Å². The lowest BCUT2D eigenvalue weighted by Crippen LogP contribution is -2.39. The third-order valence-corrected chi connectivity index (χ3v) is 4.94. The fraction of sp³-hybridized carbons (Fsp3) is 0.500. The minimum absolute atomic E-state index is 0.347. The van der Waals surface area contributed by atoms with Crippen molar-refractivity contribution in [3.63, 3.8) is 0 Å². The number of nitrogens with zero attached hydrogens (tertiary/aromatic N) is 3. The van der Waals surface area contributed by atoms with Crippen molar-refractivity contribution in [2.75, 3.05) is 25.1 Å². The number of anilines is 1. The molecular weight excluding hydrogens is 288 g/mol. The molecule has 0 bridgehead atoms. The second-order valence-corrected chi connectivity index (χ2v) is 6.60. The molecule has 23 heavy (non-hydrogen) atoms. The first-order valence-electron chi connectivity index (χ1n) is 8.49. The van der Waals surface area contributed by atoms with Gasteiger partial charge in [-0.1, -0.05) is 12.1 Å². The number of ether oxygens (including phenoxy) is 1. The van der Waals surface area contributed by atoms with Crippen LogP contribution in [0.25, 0.3) is 5.69 Å². The van der Waals surface area contributed by atoms with Crippen molar-refractivity contribution >= 4 is 5.69 Å². The van der Waals surface area contributed by atoms with Crippen molar-refractivity contribution in [3.05, 3.63) is 36.2 Å². The Morgan fingerprint density at radius 2 is 1.83 bits per heavy atom. The van der Waals surface area contributed by atoms with Crippen LogP contribution in [0, 0.1) is 0 Å². The number of benzene rings is 1. The summed E-state index contributed by atoms with van der Waals surface area (Å²) in [6.07, 6.45) is 6.65. The minimum atomic E-state index is 0.347. The fourth-order valence-corrected chi connectivity index (χ4v) is 3.47. The van der Waals surface area contributed by atoms with E-state index in [0.29, 0.717) is 12.0 Å². The van der Waals surface area contributed by atoms with Gasteiger partial charge in [0.1, 0.15) is 11.4 Å². The normalized spacial score (nSPS) is 19.1. The van der Waals surface area contributed by atoms with E-state index in [2.05, 4.69) is 15.6 Å². The Hall–Kier alpha value is -2.01. The Morgan fingerprint density at radius 1 is 1.09 bits per heavy atom. The van der Waals surface area contributed by atoms with Crippen LogP contribution in [-0.4, -0.2) is 36.0 Å². The van der Waals surface area contributed by atoms with E-state index in [1.54, 1.807) is 7.11 Å². The van der Waals surface area contributed by atoms with Gasteiger partial charge < -0.3 is 15.4 Å². The first-order valence-corrected chi connectivity index (χ1v) is 8.49. The summed E-state index contributed by atoms with van der Waals surface area (Å²) in [5.74, 6) is 1.48. The Kier molecular flexibility index (Phi) is 3.73. The number of rotatable bonds is 4. The zero-order chi connectivity index (χ0) is 15.8. The van der Waals surface area contributed by atoms with Gasteiger partial charge in [0.15, 0.2) is 0 Å². The van der Waals surface area contributed by atoms with Crippen molar-refractivity contribution in [2.45, 2.75) is 37.6 Å². The van der Waals surface area contributed by atoms with Gasteiger partial charge in [-0.3, -0.25) is 0 Å². The summed E-state index contributed by atoms with van der Waals surface area (Å²) in [5.41, 5.74) is 9.70. The highest BCUT2D eigenvalue weighted by atomic mass is 16.5. The first kappa shape index (κ1) is 14.6. The second-order valence-electron chi connectivity index (χ2n) is 6.60. The van der Waals surface area contributed by atoms with E-state index in [-0.39, 0.29) is 0 Å². The number of aromatic nitrogens is 2. The van der Waals surface area contributed by atoms with Crippen molar-refractivity contribution in [1.29, 1.82) is 0 Å². The predicted octanol–water partition coefficient (Wildman–Crippen LogP) is 2.69. The van der Waals surface area contributed by atoms with Crippen LogP contribution in [0.3, 0.4) is 0 Å². The number of hydrogen-bond donors (Lipinski definition) is 1. The highest BCUT2D eigenvalue weighted by Gasteiger charge is 2.33. The van der Waals surface area contributed by atoms with E-state index in [9.17, 15) is 0 Å². The van der Waals surface area contributed by atoms with Gasteiger partial charge in [-0.05, 0) is 37.8 Å². The summed E-state index contributed by atoms with van der Waals surface area (Å²) < 4.78 is 7.62. The summed E-state index contributed by atoms with van der Waals surface area (Å²) in [7, 11) is 1.71. The molecule has 2 aliphatic rings. The number of methoxy groups -OCH3 is 1. The van der Waals surface area contributed by atoms with Gasteiger partial charge in [-0.15, -0.1) is 0 Å². The van der Waals surface area contributed by atoms with Crippen molar-refractivity contribution in [2.24, 2.45) is 5.73 Å². The van der Waals surface area contributed by atoms with Crippen LogP contribution in [0.2, 0.25) is 0 Å². The molecule has 0 atom stereocenters. The molecule has 5 heteroatoms. The molecule has 4 rings (SSSR count). The van der Waals surface area contributed by atoms with Gasteiger partial charge >= 0.3 is 0 Å². The third kappa shape index (κ3) is 2.70. The zero-order valence-corrected chi connectivity index (χ0v) is 13.6. The first-order chi connectivity index (χ1) is 11.3. The molecule has 1 saturated carbocycles. The van der Waals surface area contributed by atoms with Crippen LogP contribution in [-0.2, 0) is 0 Å². The van der Waals surface area contributed by atoms with Crippen LogP contribution in [0.1, 0.15) is 37.3 Å². The summed E-state index contributed by atoms with van der Waals surface area (Å²) in [6.45, 7) is 2.05. The minimum Gasteiger partial charge on any atom is -0.494 e. The summed E-state index contributed by atoms with van der Waals surface area (Å²) in [6, 6.07) is 8.45. The largest absolute Gasteiger partial charge is 0.494 e. The number of nitrogens with two attached hydrogens (primary N) is 1. The summed E-state index contributed by atoms with van der Waals surface area (Å²) in [5, 5.41) is 4.71. The molecule has 122 valence electrons. The lowest BCUT2D eigenvalue weighted by atomic mass is 10.1. The Bertz CT molecular complexity index is 684. The van der Waals surface area contributed by atoms with Gasteiger partial charge in [0.2, 0.25) is 0 Å². The third-order valence-electron chi connectivity index (χ3n) is 4.94. The Labute approximate surface area is 137 Å². The fourth-order valence-electron chi connectivity index (χ4n) is 3.47. The highest BCUT2D eigenvalue weighted by Crippen LogP contribution is 2.46. The standard InChI is InChI=1S/C18H24N4O/c1-23-17-5-3-2-4-15(17)22-18(13-6-7-13)16(12-20-22)21-10-8-14(19)9-11-21/h2-5,12-14H,6-11,19H2,1H3. The molecule has 1 aliphatic heterocycles. The maximum Gasteiger partial charge on any atom is 0.144 e. The van der Waals surface area contributed by atoms with Crippen molar-refractivity contribution in [3.8, 4) is 11.4 Å². The van der Waals surface area contributed by atoms with Crippen molar-refractivity contribution in [1.82, 2.24) is 9.78 Å². The maximum atomic E-state index is 6.06. The monoisotopic (exact) mass is 312 g/mol. The predicted molar refractivity (Wildman–Crippen MR) is 91.5 cm³/mol. The lowest BCUT2D eigenvalue weighted by molar-refractivity contribution is 0.411. The summed E-state index contributed by atoms with van der Waals surface area (Å²) >= 11 is 0. The smallest absolute Gasteiger partial charge is 0.144 e. The van der Waals surface area contributed by atoms with Gasteiger partial charge in [-0.2, -0.15) is 5.10 Å². The number of para-hydroxylation sites is 2. The van der Waals surface area contributed by atoms with Crippen molar-refractivity contribution < 1.29 is 4.74 Å². The maximum absolute atomic E-state index is 6.06. The average Bonchev–Trinajstić information content (AvgIpc) is 3.34. The molecule has 2 fully saturated rings. The molecule has 2 aromatic rings. The molecule has 0 radical (unpaired) electrons. The molecule has 2 heterocycles. The molecule has 0 spiro atoms. The zero-order valence-electron chi connectivity index (χ0n) is 13.6. The molecule has 1 aromatic carbocycles. The number of piperidine rings is 1. The van der Waals surface area contributed by atoms with E-state index in [4.69, 9.17) is 15.6 Å². The molecule has 1 aliphatic carbocycles. The molecule has 0 unspecified atom stereocenters. The lowest BCUT2D eigenvalue weighted by Gasteiger charge is -2.32. The van der Waals surface area contributed by atoms with E-state index < -0.39 is 0 Å². The van der Waals surface area contributed by atoms with E-state index >= 15 is 0 Å². The molecule has 2 N–H and O–H groups in total. The molecule has 1 saturated heterocycles. The van der Waals surface area contributed by atoms with Gasteiger partial charge in [0.25, 0.3) is 0 Å². The topological polar surface area (TPSA) is 56.3 Å². The molecular formula is C18H24N4O. The van der Waals surface area contributed by atoms with Gasteiger partial charge in [0, 0.05) is 25.0 Å². The van der Waals surface area contributed by atoms with Crippen LogP contribution in [0.15, 0.2) is 30.5 Å². The van der Waals surface area contributed by atoms with Crippen LogP contribution in [0.4, 0.5) is 5.69 Å². The quantitative estimate of drug-likeness (QED) is 0.943. The Morgan fingerprint density at radius 3 is 2.52 bits per heavy atom. The van der Waals surface area contributed by atoms with E-state index in [1.807, 2.05) is 24.4 Å². The molecule has 0 amide bonds. The van der Waals surface area contributed by atoms with Crippen LogP contribution in [0.5, 0.6) is 5.75 Å². The molecule has 1 aromatic heterocycles. The highest BCUT2D eigenvalue weighted by molar-refractivity contribution is 5.58. The Balaban J connectivity index is 1.74. The van der Waals surface area contributed by atoms with E-state index in [0.717, 1.165) is 37.4 Å². The SMILES string of the molecule is COc1ccccc1-n1ncc(N2CCC(N)CC2)c1C1CC1. The van der Waals surface area contributed by atoms with E-state index in [1.165, 1.54) is 24.2 Å². The average molecular weight is 312 g/mol. The number of hydrogen-bond acceptors (Lipinski definition) is 4. The van der Waals surface area contributed by atoms with Gasteiger partial charge in [0.05, 0.1) is 24.7 Å². The summed E-state index contributed by atoms with van der Waals surface area (Å²) in [4.78, 5) is 2.45. The second kappa shape index (κ2) is 5.89. The van der Waals surface area contributed by atoms with Crippen LogP contribution >= 0.6 is 0 Å². The molecule has 5 nitrogen and oxygen atoms in total. The van der Waals surface area contributed by atoms with Crippen LogP contribution < -0.4 is 15.4 Å².